The smallest absolute Gasteiger partial charge is 0.248 e. The SMILES string of the molecule is O=C1CC(c2ccsc2)(c2cccc(Oc3ccc(Br)cc3F)n2)N(S)C(=O)C1c1ccccc1Cl. The zero-order valence-corrected chi connectivity index (χ0v) is 22.5. The van der Waals surface area contributed by atoms with E-state index < -0.39 is 23.2 Å². The number of nitrogens with zero attached hydrogens (tertiary/aromatic N) is 2. The molecule has 1 amide bonds. The van der Waals surface area contributed by atoms with Crippen molar-refractivity contribution in [3.63, 3.8) is 0 Å². The molecule has 5 nitrogen and oxygen atoms in total. The summed E-state index contributed by atoms with van der Waals surface area (Å²) in [7, 11) is 0. The predicted octanol–water partition coefficient (Wildman–Crippen LogP) is 7.16. The molecule has 0 N–H and O–H groups in total. The van der Waals surface area contributed by atoms with Gasteiger partial charge in [0.05, 0.1) is 5.69 Å². The first kappa shape index (κ1) is 25.0. The molecule has 0 spiro atoms. The number of hydrogen-bond acceptors (Lipinski definition) is 6. The lowest BCUT2D eigenvalue weighted by molar-refractivity contribution is -0.142. The second-order valence-electron chi connectivity index (χ2n) is 8.16. The first-order valence-corrected chi connectivity index (χ1v) is 13.3. The number of piperidine rings is 1. The second-order valence-corrected chi connectivity index (χ2v) is 10.7. The van der Waals surface area contributed by atoms with Crippen LogP contribution in [0.5, 0.6) is 11.6 Å². The highest BCUT2D eigenvalue weighted by Gasteiger charge is 2.53. The number of carbonyl (C=O) groups excluding carboxylic acids is 2. The van der Waals surface area contributed by atoms with Crippen LogP contribution in [0, 0.1) is 5.82 Å². The molecule has 1 fully saturated rings. The molecule has 0 saturated carbocycles. The van der Waals surface area contributed by atoms with Gasteiger partial charge in [-0.25, -0.2) is 9.37 Å². The summed E-state index contributed by atoms with van der Waals surface area (Å²) in [5, 5.41) is 4.04. The summed E-state index contributed by atoms with van der Waals surface area (Å²) in [5.74, 6) is -2.37. The molecule has 2 unspecified atom stereocenters. The minimum atomic E-state index is -1.30. The first-order chi connectivity index (χ1) is 17.3. The van der Waals surface area contributed by atoms with Crippen molar-refractivity contribution in [2.45, 2.75) is 17.9 Å². The lowest BCUT2D eigenvalue weighted by atomic mass is 9.75. The normalized spacial score (nSPS) is 20.0. The third-order valence-electron chi connectivity index (χ3n) is 6.04. The Morgan fingerprint density at radius 1 is 1.14 bits per heavy atom. The number of carbonyl (C=O) groups is 2. The number of hydrogen-bond donors (Lipinski definition) is 1. The Morgan fingerprint density at radius 2 is 1.94 bits per heavy atom. The molecule has 1 aliphatic rings. The minimum absolute atomic E-state index is 0.00950. The van der Waals surface area contributed by atoms with Gasteiger partial charge in [-0.1, -0.05) is 64.6 Å². The molecule has 10 heteroatoms. The number of benzene rings is 2. The Kier molecular flexibility index (Phi) is 6.91. The molecule has 3 heterocycles. The summed E-state index contributed by atoms with van der Waals surface area (Å²) in [6.07, 6.45) is -0.0854. The molecule has 2 aromatic heterocycles. The molecular formula is C26H17BrClFN2O3S2. The Morgan fingerprint density at radius 3 is 2.67 bits per heavy atom. The minimum Gasteiger partial charge on any atom is -0.436 e. The summed E-state index contributed by atoms with van der Waals surface area (Å²) in [4.78, 5) is 31.9. The Labute approximate surface area is 229 Å². The summed E-state index contributed by atoms with van der Waals surface area (Å²) in [6, 6.07) is 18.0. The van der Waals surface area contributed by atoms with Crippen molar-refractivity contribution >= 4 is 63.4 Å². The summed E-state index contributed by atoms with van der Waals surface area (Å²) in [6.45, 7) is 0. The monoisotopic (exact) mass is 602 g/mol. The van der Waals surface area contributed by atoms with Gasteiger partial charge >= 0.3 is 0 Å². The van der Waals surface area contributed by atoms with Crippen molar-refractivity contribution in [1.29, 1.82) is 0 Å². The van der Waals surface area contributed by atoms with Crippen molar-refractivity contribution < 1.29 is 18.7 Å². The molecule has 1 aliphatic heterocycles. The largest absolute Gasteiger partial charge is 0.436 e. The number of rotatable bonds is 5. The third kappa shape index (κ3) is 4.34. The van der Waals surface area contributed by atoms with E-state index in [4.69, 9.17) is 16.3 Å². The molecule has 0 aliphatic carbocycles. The van der Waals surface area contributed by atoms with Crippen molar-refractivity contribution in [3.05, 3.63) is 110 Å². The van der Waals surface area contributed by atoms with E-state index in [0.29, 0.717) is 26.3 Å². The van der Waals surface area contributed by atoms with E-state index in [0.717, 1.165) is 0 Å². The molecule has 5 rings (SSSR count). The van der Waals surface area contributed by atoms with Gasteiger partial charge in [0.2, 0.25) is 11.8 Å². The molecule has 2 atom stereocenters. The Balaban J connectivity index is 1.59. The third-order valence-corrected chi connectivity index (χ3v) is 8.10. The van der Waals surface area contributed by atoms with E-state index in [1.165, 1.54) is 27.8 Å². The second kappa shape index (κ2) is 9.97. The van der Waals surface area contributed by atoms with Gasteiger partial charge in [0, 0.05) is 22.0 Å². The van der Waals surface area contributed by atoms with E-state index in [1.54, 1.807) is 48.5 Å². The van der Waals surface area contributed by atoms with Crippen LogP contribution in [0.25, 0.3) is 0 Å². The first-order valence-electron chi connectivity index (χ1n) is 10.7. The topological polar surface area (TPSA) is 59.5 Å². The van der Waals surface area contributed by atoms with Crippen molar-refractivity contribution in [3.8, 4) is 11.6 Å². The fraction of sp³-hybridized carbons (Fsp3) is 0.115. The molecule has 2 aromatic carbocycles. The quantitative estimate of drug-likeness (QED) is 0.194. The Bertz CT molecular complexity index is 1470. The van der Waals surface area contributed by atoms with Crippen LogP contribution >= 0.6 is 51.7 Å². The van der Waals surface area contributed by atoms with Gasteiger partial charge in [-0.15, -0.1) is 0 Å². The molecule has 182 valence electrons. The number of amides is 1. The molecule has 36 heavy (non-hydrogen) atoms. The highest BCUT2D eigenvalue weighted by molar-refractivity contribution is 9.10. The summed E-state index contributed by atoms with van der Waals surface area (Å²) >= 11 is 15.6. The van der Waals surface area contributed by atoms with Crippen LogP contribution in [-0.4, -0.2) is 21.0 Å². The fourth-order valence-electron chi connectivity index (χ4n) is 4.34. The maximum Gasteiger partial charge on any atom is 0.248 e. The van der Waals surface area contributed by atoms with E-state index in [-0.39, 0.29) is 23.8 Å². The number of ether oxygens (including phenoxy) is 1. The van der Waals surface area contributed by atoms with Crippen LogP contribution in [0.2, 0.25) is 5.02 Å². The van der Waals surface area contributed by atoms with E-state index in [2.05, 4.69) is 33.7 Å². The molecule has 4 aromatic rings. The van der Waals surface area contributed by atoms with Gasteiger partial charge in [-0.3, -0.25) is 13.9 Å². The average molecular weight is 604 g/mol. The average Bonchev–Trinajstić information content (AvgIpc) is 3.40. The lowest BCUT2D eigenvalue weighted by Gasteiger charge is -2.45. The van der Waals surface area contributed by atoms with E-state index in [1.807, 2.05) is 16.8 Å². The van der Waals surface area contributed by atoms with Crippen LogP contribution in [0.3, 0.4) is 0 Å². The predicted molar refractivity (Wildman–Crippen MR) is 143 cm³/mol. The van der Waals surface area contributed by atoms with Crippen LogP contribution in [0.15, 0.2) is 82.0 Å². The van der Waals surface area contributed by atoms with Crippen LogP contribution in [0.4, 0.5) is 4.39 Å². The van der Waals surface area contributed by atoms with Gasteiger partial charge < -0.3 is 4.74 Å². The number of Topliss-reactive ketones (excluding diaryl/α,β-unsaturated/α-hetero) is 1. The summed E-state index contributed by atoms with van der Waals surface area (Å²) < 4.78 is 21.9. The molecule has 0 bridgehead atoms. The van der Waals surface area contributed by atoms with Crippen LogP contribution in [0.1, 0.15) is 29.2 Å². The highest BCUT2D eigenvalue weighted by Crippen LogP contribution is 2.48. The highest BCUT2D eigenvalue weighted by atomic mass is 79.9. The maximum absolute atomic E-state index is 14.4. The number of thiophene rings is 1. The lowest BCUT2D eigenvalue weighted by Crippen LogP contribution is -2.54. The number of thiol groups is 1. The van der Waals surface area contributed by atoms with E-state index >= 15 is 0 Å². The molecular weight excluding hydrogens is 587 g/mol. The van der Waals surface area contributed by atoms with Gasteiger partial charge in [0.15, 0.2) is 17.3 Å². The van der Waals surface area contributed by atoms with E-state index in [9.17, 15) is 14.0 Å². The van der Waals surface area contributed by atoms with Gasteiger partial charge in [-0.05, 0) is 58.3 Å². The van der Waals surface area contributed by atoms with Crippen LogP contribution < -0.4 is 4.74 Å². The zero-order valence-electron chi connectivity index (χ0n) is 18.4. The standard InChI is InChI=1S/C26H17BrClFN2O3S2/c27-16-8-9-21(19(29)12-16)34-23-7-3-6-22(30-23)26(15-10-11-36-14-15)13-20(32)24(25(33)31(26)35)17-4-1-2-5-18(17)28/h1-12,14,24,35H,13H2. The van der Waals surface area contributed by atoms with Crippen LogP contribution in [-0.2, 0) is 15.1 Å². The molecule has 1 saturated heterocycles. The van der Waals surface area contributed by atoms with Gasteiger partial charge in [0.1, 0.15) is 11.5 Å². The number of pyridine rings is 1. The number of aromatic nitrogens is 1. The maximum atomic E-state index is 14.4. The fourth-order valence-corrected chi connectivity index (χ4v) is 6.04. The Hall–Kier alpha value is -2.72. The van der Waals surface area contributed by atoms with Gasteiger partial charge in [-0.2, -0.15) is 11.3 Å². The number of ketones is 1. The molecule has 0 radical (unpaired) electrons. The van der Waals surface area contributed by atoms with Crippen molar-refractivity contribution in [2.24, 2.45) is 0 Å². The van der Waals surface area contributed by atoms with Crippen molar-refractivity contribution in [2.75, 3.05) is 0 Å². The van der Waals surface area contributed by atoms with Crippen molar-refractivity contribution in [1.82, 2.24) is 9.29 Å². The zero-order chi connectivity index (χ0) is 25.4. The number of halogens is 3. The van der Waals surface area contributed by atoms with Gasteiger partial charge in [0.25, 0.3) is 0 Å². The summed E-state index contributed by atoms with van der Waals surface area (Å²) in [5.41, 5.74) is 0.182.